The third kappa shape index (κ3) is 2.86. The van der Waals surface area contributed by atoms with E-state index < -0.39 is 0 Å². The predicted molar refractivity (Wildman–Crippen MR) is 102 cm³/mol. The summed E-state index contributed by atoms with van der Waals surface area (Å²) in [6.45, 7) is 0. The molecule has 0 saturated carbocycles. The molecule has 0 unspecified atom stereocenters. The first-order chi connectivity index (χ1) is 12.3. The lowest BCUT2D eigenvalue weighted by molar-refractivity contribution is 0.402. The number of aromatic nitrogens is 1. The van der Waals surface area contributed by atoms with Crippen LogP contribution in [0.15, 0.2) is 72.5 Å². The van der Waals surface area contributed by atoms with E-state index in [1.54, 1.807) is 0 Å². The van der Waals surface area contributed by atoms with Crippen molar-refractivity contribution < 1.29 is 5.11 Å². The van der Waals surface area contributed by atoms with Crippen molar-refractivity contribution in [2.75, 3.05) is 0 Å². The number of rotatable bonds is 3. The van der Waals surface area contributed by atoms with E-state index in [2.05, 4.69) is 11.1 Å². The Morgan fingerprint density at radius 2 is 1.76 bits per heavy atom. The minimum atomic E-state index is 0.0536. The fourth-order valence-electron chi connectivity index (χ4n) is 2.93. The second kappa shape index (κ2) is 6.39. The van der Waals surface area contributed by atoms with Crippen LogP contribution in [0.25, 0.3) is 26.6 Å². The van der Waals surface area contributed by atoms with E-state index in [4.69, 9.17) is 0 Å². The molecule has 0 bridgehead atoms. The molecule has 0 aliphatic rings. The lowest BCUT2D eigenvalue weighted by Crippen LogP contribution is -1.95. The third-order valence-corrected chi connectivity index (χ3v) is 5.20. The highest BCUT2D eigenvalue weighted by Gasteiger charge is 2.15. The molecule has 0 saturated heterocycles. The van der Waals surface area contributed by atoms with E-state index in [9.17, 15) is 10.4 Å². The van der Waals surface area contributed by atoms with E-state index in [0.29, 0.717) is 11.4 Å². The molecule has 1 aromatic heterocycles. The van der Waals surface area contributed by atoms with E-state index in [1.807, 2.05) is 66.7 Å². The molecule has 25 heavy (non-hydrogen) atoms. The third-order valence-electron chi connectivity index (χ3n) is 4.15. The second-order valence-electron chi connectivity index (χ2n) is 5.74. The molecular weight excluding hydrogens is 328 g/mol. The molecule has 0 amide bonds. The van der Waals surface area contributed by atoms with Crippen molar-refractivity contribution in [3.8, 4) is 6.07 Å². The molecule has 0 aliphatic carbocycles. The molecule has 3 aromatic carbocycles. The van der Waals surface area contributed by atoms with Crippen LogP contribution in [-0.4, -0.2) is 10.1 Å². The highest BCUT2D eigenvalue weighted by Crippen LogP contribution is 2.29. The van der Waals surface area contributed by atoms with E-state index >= 15 is 0 Å². The summed E-state index contributed by atoms with van der Waals surface area (Å²) >= 11 is 1.42. The largest absolute Gasteiger partial charge is 0.510 e. The van der Waals surface area contributed by atoms with Gasteiger partial charge in [-0.15, -0.1) is 11.3 Å². The molecule has 3 nitrogen and oxygen atoms in total. The molecular formula is C21H14N2OS. The number of nitriles is 1. The number of para-hydroxylation sites is 1. The van der Waals surface area contributed by atoms with E-state index in [1.165, 1.54) is 11.3 Å². The Labute approximate surface area is 149 Å². The van der Waals surface area contributed by atoms with Gasteiger partial charge in [-0.25, -0.2) is 4.98 Å². The van der Waals surface area contributed by atoms with Crippen molar-refractivity contribution in [3.05, 3.63) is 83.1 Å². The average Bonchev–Trinajstić information content (AvgIpc) is 3.06. The van der Waals surface area contributed by atoms with Crippen molar-refractivity contribution in [3.63, 3.8) is 0 Å². The topological polar surface area (TPSA) is 56.9 Å². The quantitative estimate of drug-likeness (QED) is 0.396. The maximum Gasteiger partial charge on any atom is 0.138 e. The second-order valence-corrected chi connectivity index (χ2v) is 6.77. The van der Waals surface area contributed by atoms with Crippen molar-refractivity contribution in [1.82, 2.24) is 4.98 Å². The molecule has 4 rings (SSSR count). The summed E-state index contributed by atoms with van der Waals surface area (Å²) < 4.78 is 1.00. The van der Waals surface area contributed by atoms with Gasteiger partial charge in [-0.2, -0.15) is 5.26 Å². The van der Waals surface area contributed by atoms with Gasteiger partial charge in [0.2, 0.25) is 0 Å². The maximum absolute atomic E-state index is 10.6. The summed E-state index contributed by atoms with van der Waals surface area (Å²) in [4.78, 5) is 4.49. The standard InChI is InChI=1S/C21H14N2OS/c22-13-17(21-23-18-10-3-4-11-20(18)25-21)19(24)12-15-8-5-7-14-6-1-2-9-16(14)15/h1-11,24H,12H2/b19-17+. The SMILES string of the molecule is N#C/C(=C(\O)Cc1cccc2ccccc12)c1nc2ccccc2s1. The summed E-state index contributed by atoms with van der Waals surface area (Å²) in [5, 5.41) is 22.9. The van der Waals surface area contributed by atoms with E-state index in [-0.39, 0.29) is 11.3 Å². The number of benzene rings is 3. The summed E-state index contributed by atoms with van der Waals surface area (Å²) in [5.74, 6) is 0.0536. The number of thiazole rings is 1. The minimum Gasteiger partial charge on any atom is -0.510 e. The number of hydrogen-bond acceptors (Lipinski definition) is 4. The molecule has 0 fully saturated rings. The van der Waals surface area contributed by atoms with Crippen molar-refractivity contribution >= 4 is 37.9 Å². The zero-order valence-electron chi connectivity index (χ0n) is 13.3. The molecule has 1 heterocycles. The molecule has 0 spiro atoms. The molecule has 0 radical (unpaired) electrons. The highest BCUT2D eigenvalue weighted by molar-refractivity contribution is 7.19. The van der Waals surface area contributed by atoms with Crippen LogP contribution in [0.3, 0.4) is 0 Å². The molecule has 1 N–H and O–H groups in total. The summed E-state index contributed by atoms with van der Waals surface area (Å²) in [7, 11) is 0. The van der Waals surface area contributed by atoms with Gasteiger partial charge in [0, 0.05) is 6.42 Å². The van der Waals surface area contributed by atoms with Crippen LogP contribution in [0.5, 0.6) is 0 Å². The van der Waals surface area contributed by atoms with Crippen molar-refractivity contribution in [1.29, 1.82) is 5.26 Å². The molecule has 4 heteroatoms. The van der Waals surface area contributed by atoms with Crippen LogP contribution in [0.1, 0.15) is 10.6 Å². The highest BCUT2D eigenvalue weighted by atomic mass is 32.1. The van der Waals surface area contributed by atoms with Crippen LogP contribution < -0.4 is 0 Å². The number of allylic oxidation sites excluding steroid dienone is 2. The predicted octanol–water partition coefficient (Wildman–Crippen LogP) is 5.48. The first-order valence-corrected chi connectivity index (χ1v) is 8.72. The molecule has 0 aliphatic heterocycles. The normalized spacial score (nSPS) is 12.1. The Kier molecular flexibility index (Phi) is 3.93. The Balaban J connectivity index is 1.78. The summed E-state index contributed by atoms with van der Waals surface area (Å²) in [5.41, 5.74) is 2.08. The number of aliphatic hydroxyl groups is 1. The van der Waals surface area contributed by atoms with Crippen LogP contribution in [-0.2, 0) is 6.42 Å². The Hall–Kier alpha value is -3.16. The Morgan fingerprint density at radius 3 is 2.60 bits per heavy atom. The number of aliphatic hydroxyl groups excluding tert-OH is 1. The van der Waals surface area contributed by atoms with Gasteiger partial charge in [0.25, 0.3) is 0 Å². The van der Waals surface area contributed by atoms with Crippen LogP contribution in [0, 0.1) is 11.3 Å². The average molecular weight is 342 g/mol. The van der Waals surface area contributed by atoms with Crippen LogP contribution in [0.4, 0.5) is 0 Å². The van der Waals surface area contributed by atoms with Crippen molar-refractivity contribution in [2.45, 2.75) is 6.42 Å². The monoisotopic (exact) mass is 342 g/mol. The Morgan fingerprint density at radius 1 is 1.00 bits per heavy atom. The molecule has 0 atom stereocenters. The zero-order chi connectivity index (χ0) is 17.2. The Bertz CT molecular complexity index is 1110. The minimum absolute atomic E-state index is 0.0536. The fraction of sp³-hybridized carbons (Fsp3) is 0.0476. The maximum atomic E-state index is 10.6. The van der Waals surface area contributed by atoms with Gasteiger partial charge in [-0.05, 0) is 28.5 Å². The lowest BCUT2D eigenvalue weighted by Gasteiger charge is -2.07. The smallest absolute Gasteiger partial charge is 0.138 e. The van der Waals surface area contributed by atoms with Crippen LogP contribution >= 0.6 is 11.3 Å². The summed E-state index contributed by atoms with van der Waals surface area (Å²) in [6, 6.07) is 23.9. The number of hydrogen-bond donors (Lipinski definition) is 1. The van der Waals surface area contributed by atoms with Crippen molar-refractivity contribution in [2.24, 2.45) is 0 Å². The van der Waals surface area contributed by atoms with Gasteiger partial charge in [0.15, 0.2) is 0 Å². The van der Waals surface area contributed by atoms with Gasteiger partial charge in [-0.1, -0.05) is 54.6 Å². The van der Waals surface area contributed by atoms with Gasteiger partial charge in [0.05, 0.1) is 10.2 Å². The number of nitrogens with zero attached hydrogens (tertiary/aromatic N) is 2. The van der Waals surface area contributed by atoms with Crippen LogP contribution in [0.2, 0.25) is 0 Å². The first kappa shape index (κ1) is 15.4. The molecule has 120 valence electrons. The zero-order valence-corrected chi connectivity index (χ0v) is 14.1. The lowest BCUT2D eigenvalue weighted by atomic mass is 10.0. The summed E-state index contributed by atoms with van der Waals surface area (Å²) in [6.07, 6.45) is 0.306. The van der Waals surface area contributed by atoms with Gasteiger partial charge >= 0.3 is 0 Å². The van der Waals surface area contributed by atoms with Gasteiger partial charge in [-0.3, -0.25) is 0 Å². The number of fused-ring (bicyclic) bond motifs is 2. The van der Waals surface area contributed by atoms with E-state index in [0.717, 1.165) is 26.6 Å². The van der Waals surface area contributed by atoms with Gasteiger partial charge in [0.1, 0.15) is 22.4 Å². The first-order valence-electron chi connectivity index (χ1n) is 7.91. The van der Waals surface area contributed by atoms with Gasteiger partial charge < -0.3 is 5.11 Å². The fourth-order valence-corrected chi connectivity index (χ4v) is 3.91. The molecule has 4 aromatic rings.